The number of ether oxygens (including phenoxy) is 1. The van der Waals surface area contributed by atoms with Crippen molar-refractivity contribution in [1.82, 2.24) is 14.9 Å². The Morgan fingerprint density at radius 1 is 0.951 bits per heavy atom. The summed E-state index contributed by atoms with van der Waals surface area (Å²) < 4.78 is 35.9. The van der Waals surface area contributed by atoms with Crippen LogP contribution in [0.2, 0.25) is 0 Å². The smallest absolute Gasteiger partial charge is 0.264 e. The minimum Gasteiger partial charge on any atom is -0.467 e. The number of amides is 1. The van der Waals surface area contributed by atoms with Crippen molar-refractivity contribution in [2.45, 2.75) is 57.6 Å². The van der Waals surface area contributed by atoms with Crippen LogP contribution in [0.3, 0.4) is 0 Å². The lowest BCUT2D eigenvalue weighted by Crippen LogP contribution is -2.40. The summed E-state index contributed by atoms with van der Waals surface area (Å²) in [4.78, 5) is 24.5. The Morgan fingerprint density at radius 2 is 1.68 bits per heavy atom. The van der Waals surface area contributed by atoms with Crippen LogP contribution in [0.1, 0.15) is 65.1 Å². The number of rotatable bonds is 1. The second-order valence-electron chi connectivity index (χ2n) is 11.8. The highest BCUT2D eigenvalue weighted by Gasteiger charge is 2.33. The molecule has 2 aliphatic rings. The maximum absolute atomic E-state index is 13.8. The second-order valence-corrected chi connectivity index (χ2v) is 13.5. The first-order valence-electron chi connectivity index (χ1n) is 13.6. The molecule has 1 amide bonds. The topological polar surface area (TPSA) is 101 Å². The summed E-state index contributed by atoms with van der Waals surface area (Å²) in [5.41, 5.74) is 6.72. The minimum absolute atomic E-state index is 0.0462. The van der Waals surface area contributed by atoms with Crippen molar-refractivity contribution in [1.29, 1.82) is 0 Å². The molecule has 0 saturated carbocycles. The molecule has 1 atom stereocenters. The third-order valence-corrected chi connectivity index (χ3v) is 9.04. The molecule has 2 aliphatic heterocycles. The molecule has 0 fully saturated rings. The van der Waals surface area contributed by atoms with E-state index in [4.69, 9.17) is 4.74 Å². The number of aryl methyl sites for hydroxylation is 2. The molecule has 9 heteroatoms. The Kier molecular flexibility index (Phi) is 6.37. The summed E-state index contributed by atoms with van der Waals surface area (Å²) in [5, 5.41) is 0. The molecule has 3 heterocycles. The fraction of sp³-hybridized carbons (Fsp3) is 0.281. The van der Waals surface area contributed by atoms with Gasteiger partial charge in [-0.05, 0) is 65.3 Å². The van der Waals surface area contributed by atoms with Crippen LogP contribution in [0.15, 0.2) is 71.6 Å². The minimum atomic E-state index is -4.10. The van der Waals surface area contributed by atoms with Gasteiger partial charge in [0.1, 0.15) is 6.10 Å². The van der Waals surface area contributed by atoms with Crippen molar-refractivity contribution in [3.63, 3.8) is 0 Å². The lowest BCUT2D eigenvalue weighted by atomic mass is 9.83. The molecule has 0 spiro atoms. The Hall–Kier alpha value is -4.24. The molecular weight excluding hydrogens is 536 g/mol. The van der Waals surface area contributed by atoms with Crippen LogP contribution >= 0.6 is 0 Å². The number of hydrogen-bond acceptors (Lipinski definition) is 6. The van der Waals surface area contributed by atoms with E-state index in [2.05, 4.69) is 53.7 Å². The Bertz CT molecular complexity index is 1790. The summed E-state index contributed by atoms with van der Waals surface area (Å²) in [5.74, 6) is -0.158. The van der Waals surface area contributed by atoms with Gasteiger partial charge >= 0.3 is 0 Å². The maximum atomic E-state index is 13.8. The summed E-state index contributed by atoms with van der Waals surface area (Å²) in [7, 11) is -4.10. The number of aromatic nitrogens is 2. The van der Waals surface area contributed by atoms with Gasteiger partial charge in [0.05, 0.1) is 17.1 Å². The first-order chi connectivity index (χ1) is 19.4. The molecule has 1 aromatic heterocycles. The first-order valence-corrected chi connectivity index (χ1v) is 15.1. The zero-order chi connectivity index (χ0) is 29.1. The van der Waals surface area contributed by atoms with E-state index in [1.54, 1.807) is 23.1 Å². The predicted octanol–water partition coefficient (Wildman–Crippen LogP) is 5.95. The molecular formula is C32H32N4O4S. The molecule has 6 bridgehead atoms. The standard InChI is InChI=1S/C32H32N4O4S/c1-19-8-6-9-20(2)29(19)26-16-28-34-31(33-26)35-41(38,39)24-11-7-10-21(15-24)30(37)36-17-22-14-23(32(3,4)5)12-13-25(22)27(18-36)40-28/h6-16,27H,17-18H2,1-5H3,(H,33,34,35). The first kappa shape index (κ1) is 27.0. The monoisotopic (exact) mass is 568 g/mol. The van der Waals surface area contributed by atoms with Crippen molar-refractivity contribution in [2.24, 2.45) is 0 Å². The van der Waals surface area contributed by atoms with Crippen LogP contribution in [-0.4, -0.2) is 35.7 Å². The highest BCUT2D eigenvalue weighted by Crippen LogP contribution is 2.36. The lowest BCUT2D eigenvalue weighted by molar-refractivity contribution is 0.0589. The fourth-order valence-electron chi connectivity index (χ4n) is 5.53. The van der Waals surface area contributed by atoms with Gasteiger partial charge in [0.25, 0.3) is 15.9 Å². The van der Waals surface area contributed by atoms with Gasteiger partial charge in [0, 0.05) is 23.7 Å². The average molecular weight is 569 g/mol. The van der Waals surface area contributed by atoms with Gasteiger partial charge in [-0.2, -0.15) is 4.98 Å². The average Bonchev–Trinajstić information content (AvgIpc) is 2.91. The van der Waals surface area contributed by atoms with Gasteiger partial charge in [-0.15, -0.1) is 0 Å². The highest BCUT2D eigenvalue weighted by molar-refractivity contribution is 7.92. The number of sulfonamides is 1. The highest BCUT2D eigenvalue weighted by atomic mass is 32.2. The number of hydrogen-bond donors (Lipinski definition) is 1. The van der Waals surface area contributed by atoms with Crippen LogP contribution < -0.4 is 9.46 Å². The molecule has 6 rings (SSSR count). The van der Waals surface area contributed by atoms with E-state index in [9.17, 15) is 13.2 Å². The number of carbonyl (C=O) groups is 1. The fourth-order valence-corrected chi connectivity index (χ4v) is 6.52. The number of nitrogens with zero attached hydrogens (tertiary/aromatic N) is 3. The van der Waals surface area contributed by atoms with Crippen LogP contribution in [-0.2, 0) is 22.0 Å². The summed E-state index contributed by atoms with van der Waals surface area (Å²) in [6, 6.07) is 20.0. The molecule has 210 valence electrons. The van der Waals surface area contributed by atoms with E-state index in [-0.39, 0.29) is 40.2 Å². The van der Waals surface area contributed by atoms with Crippen molar-refractivity contribution < 1.29 is 17.9 Å². The van der Waals surface area contributed by atoms with Gasteiger partial charge in [-0.1, -0.05) is 63.2 Å². The van der Waals surface area contributed by atoms with Crippen molar-refractivity contribution in [3.8, 4) is 17.1 Å². The van der Waals surface area contributed by atoms with Crippen molar-refractivity contribution in [3.05, 3.63) is 100 Å². The normalized spacial score (nSPS) is 17.7. The van der Waals surface area contributed by atoms with Crippen LogP contribution in [0.4, 0.5) is 5.95 Å². The SMILES string of the molecule is Cc1cccc(C)c1-c1cc2nc(n1)NS(=O)(=O)c1cccc(c1)C(=O)N1Cc3cc(C(C)(C)C)ccc3C(C1)O2. The number of anilines is 1. The Morgan fingerprint density at radius 3 is 2.41 bits per heavy atom. The van der Waals surface area contributed by atoms with Gasteiger partial charge in [0.15, 0.2) is 0 Å². The number of nitrogens with one attached hydrogen (secondary N) is 1. The number of carbonyl (C=O) groups excluding carboxylic acids is 1. The number of benzene rings is 3. The molecule has 0 saturated heterocycles. The van der Waals surface area contributed by atoms with Gasteiger partial charge in [-0.3, -0.25) is 4.79 Å². The van der Waals surface area contributed by atoms with E-state index < -0.39 is 16.1 Å². The van der Waals surface area contributed by atoms with Gasteiger partial charge in [-0.25, -0.2) is 18.1 Å². The Balaban J connectivity index is 1.57. The van der Waals surface area contributed by atoms with Crippen LogP contribution in [0, 0.1) is 13.8 Å². The van der Waals surface area contributed by atoms with E-state index >= 15 is 0 Å². The third kappa shape index (κ3) is 5.06. The van der Waals surface area contributed by atoms with E-state index in [0.29, 0.717) is 12.2 Å². The molecule has 8 nitrogen and oxygen atoms in total. The Labute approximate surface area is 240 Å². The third-order valence-electron chi connectivity index (χ3n) is 7.71. The second kappa shape index (κ2) is 9.69. The van der Waals surface area contributed by atoms with Crippen molar-refractivity contribution >= 4 is 21.9 Å². The molecule has 1 unspecified atom stereocenters. The predicted molar refractivity (Wildman–Crippen MR) is 157 cm³/mol. The van der Waals surface area contributed by atoms with Gasteiger partial charge < -0.3 is 9.64 Å². The van der Waals surface area contributed by atoms with E-state index in [1.807, 2.05) is 32.0 Å². The van der Waals surface area contributed by atoms with Crippen molar-refractivity contribution in [2.75, 3.05) is 11.3 Å². The lowest BCUT2D eigenvalue weighted by Gasteiger charge is -2.35. The molecule has 0 radical (unpaired) electrons. The largest absolute Gasteiger partial charge is 0.467 e. The molecule has 41 heavy (non-hydrogen) atoms. The molecule has 3 aromatic carbocycles. The van der Waals surface area contributed by atoms with Crippen LogP contribution in [0.5, 0.6) is 5.88 Å². The van der Waals surface area contributed by atoms with Crippen LogP contribution in [0.25, 0.3) is 11.3 Å². The zero-order valence-electron chi connectivity index (χ0n) is 23.7. The summed E-state index contributed by atoms with van der Waals surface area (Å²) >= 11 is 0. The molecule has 4 aromatic rings. The summed E-state index contributed by atoms with van der Waals surface area (Å²) in [6.07, 6.45) is -0.522. The number of fused-ring (bicyclic) bond motifs is 8. The maximum Gasteiger partial charge on any atom is 0.264 e. The molecule has 1 N–H and O–H groups in total. The van der Waals surface area contributed by atoms with Gasteiger partial charge in [0.2, 0.25) is 11.8 Å². The molecule has 0 aliphatic carbocycles. The van der Waals surface area contributed by atoms with E-state index in [0.717, 1.165) is 33.4 Å². The van der Waals surface area contributed by atoms with E-state index in [1.165, 1.54) is 12.1 Å². The summed E-state index contributed by atoms with van der Waals surface area (Å²) in [6.45, 7) is 11.1. The zero-order valence-corrected chi connectivity index (χ0v) is 24.5. The quantitative estimate of drug-likeness (QED) is 0.305.